The number of hydrogen-bond acceptors (Lipinski definition) is 2. The zero-order valence-electron chi connectivity index (χ0n) is 7.01. The summed E-state index contributed by atoms with van der Waals surface area (Å²) in [7, 11) is 0. The SMILES string of the molecule is C(COCC1CC1)NC1CC1. The Kier molecular flexibility index (Phi) is 2.44. The first kappa shape index (κ1) is 7.56. The summed E-state index contributed by atoms with van der Waals surface area (Å²) < 4.78 is 5.47. The highest BCUT2D eigenvalue weighted by Gasteiger charge is 2.21. The molecular weight excluding hydrogens is 138 g/mol. The Labute approximate surface area is 68.3 Å². The van der Waals surface area contributed by atoms with Gasteiger partial charge in [0.2, 0.25) is 0 Å². The van der Waals surface area contributed by atoms with Crippen LogP contribution in [-0.4, -0.2) is 25.8 Å². The molecule has 0 aromatic rings. The van der Waals surface area contributed by atoms with Crippen molar-refractivity contribution in [3.63, 3.8) is 0 Å². The first-order valence-electron chi connectivity index (χ1n) is 4.76. The van der Waals surface area contributed by atoms with Crippen molar-refractivity contribution in [2.24, 2.45) is 5.92 Å². The van der Waals surface area contributed by atoms with Crippen molar-refractivity contribution >= 4 is 0 Å². The van der Waals surface area contributed by atoms with Gasteiger partial charge in [0.1, 0.15) is 0 Å². The second-order valence-corrected chi connectivity index (χ2v) is 3.75. The van der Waals surface area contributed by atoms with Gasteiger partial charge in [0.15, 0.2) is 0 Å². The predicted octanol–water partition coefficient (Wildman–Crippen LogP) is 1.17. The van der Waals surface area contributed by atoms with Crippen LogP contribution in [0.4, 0.5) is 0 Å². The third-order valence-corrected chi connectivity index (χ3v) is 2.31. The summed E-state index contributed by atoms with van der Waals surface area (Å²) in [4.78, 5) is 0. The molecule has 0 bridgehead atoms. The standard InChI is InChI=1S/C9H17NO/c1-2-8(1)7-11-6-5-10-9-3-4-9/h8-10H,1-7H2. The Balaban J connectivity index is 1.35. The zero-order chi connectivity index (χ0) is 7.52. The van der Waals surface area contributed by atoms with E-state index >= 15 is 0 Å². The van der Waals surface area contributed by atoms with Gasteiger partial charge in [0.25, 0.3) is 0 Å². The average molecular weight is 155 g/mol. The molecule has 2 rings (SSSR count). The summed E-state index contributed by atoms with van der Waals surface area (Å²) in [6.07, 6.45) is 5.55. The fourth-order valence-corrected chi connectivity index (χ4v) is 1.16. The van der Waals surface area contributed by atoms with Crippen molar-refractivity contribution in [1.29, 1.82) is 0 Å². The number of nitrogens with one attached hydrogen (secondary N) is 1. The van der Waals surface area contributed by atoms with Gasteiger partial charge in [-0.25, -0.2) is 0 Å². The summed E-state index contributed by atoms with van der Waals surface area (Å²) in [6, 6.07) is 0.833. The van der Waals surface area contributed by atoms with Gasteiger partial charge in [-0.1, -0.05) is 0 Å². The summed E-state index contributed by atoms with van der Waals surface area (Å²) in [5.41, 5.74) is 0. The van der Waals surface area contributed by atoms with Crippen molar-refractivity contribution in [3.05, 3.63) is 0 Å². The lowest BCUT2D eigenvalue weighted by molar-refractivity contribution is 0.126. The molecule has 11 heavy (non-hydrogen) atoms. The van der Waals surface area contributed by atoms with Gasteiger partial charge < -0.3 is 10.1 Å². The summed E-state index contributed by atoms with van der Waals surface area (Å²) in [5, 5.41) is 3.43. The molecule has 2 aliphatic carbocycles. The molecule has 0 saturated heterocycles. The van der Waals surface area contributed by atoms with Crippen LogP contribution in [-0.2, 0) is 4.74 Å². The average Bonchev–Trinajstić information content (AvgIpc) is 2.83. The van der Waals surface area contributed by atoms with Gasteiger partial charge in [0, 0.05) is 19.2 Å². The molecule has 1 N–H and O–H groups in total. The van der Waals surface area contributed by atoms with Crippen LogP contribution in [0.1, 0.15) is 25.7 Å². The maximum atomic E-state index is 5.47. The van der Waals surface area contributed by atoms with Crippen LogP contribution in [0.15, 0.2) is 0 Å². The Morgan fingerprint density at radius 1 is 1.18 bits per heavy atom. The van der Waals surface area contributed by atoms with Crippen molar-refractivity contribution in [3.8, 4) is 0 Å². The van der Waals surface area contributed by atoms with Crippen LogP contribution in [0.2, 0.25) is 0 Å². The zero-order valence-corrected chi connectivity index (χ0v) is 7.01. The molecule has 2 saturated carbocycles. The molecule has 0 aliphatic heterocycles. The quantitative estimate of drug-likeness (QED) is 0.581. The number of rotatable bonds is 6. The Hall–Kier alpha value is -0.0800. The molecular formula is C9H17NO. The van der Waals surface area contributed by atoms with Crippen LogP contribution in [0.5, 0.6) is 0 Å². The highest BCUT2D eigenvalue weighted by atomic mass is 16.5. The lowest BCUT2D eigenvalue weighted by atomic mass is 10.5. The minimum atomic E-state index is 0.833. The molecule has 0 aromatic heterocycles. The molecule has 2 aliphatic rings. The molecule has 0 amide bonds. The van der Waals surface area contributed by atoms with Gasteiger partial charge >= 0.3 is 0 Å². The molecule has 0 heterocycles. The van der Waals surface area contributed by atoms with E-state index in [1.165, 1.54) is 25.7 Å². The van der Waals surface area contributed by atoms with Crippen LogP contribution in [0.3, 0.4) is 0 Å². The third-order valence-electron chi connectivity index (χ3n) is 2.31. The van der Waals surface area contributed by atoms with Crippen LogP contribution < -0.4 is 5.32 Å². The molecule has 0 unspecified atom stereocenters. The van der Waals surface area contributed by atoms with E-state index in [9.17, 15) is 0 Å². The first-order valence-corrected chi connectivity index (χ1v) is 4.76. The molecule has 0 atom stereocenters. The fraction of sp³-hybridized carbons (Fsp3) is 1.00. The van der Waals surface area contributed by atoms with Crippen LogP contribution in [0, 0.1) is 5.92 Å². The predicted molar refractivity (Wildman–Crippen MR) is 44.6 cm³/mol. The van der Waals surface area contributed by atoms with E-state index in [0.717, 1.165) is 31.7 Å². The molecule has 2 nitrogen and oxygen atoms in total. The lowest BCUT2D eigenvalue weighted by Crippen LogP contribution is -2.21. The highest BCUT2D eigenvalue weighted by molar-refractivity contribution is 4.80. The summed E-state index contributed by atoms with van der Waals surface area (Å²) in [5.74, 6) is 0.913. The second kappa shape index (κ2) is 3.55. The monoisotopic (exact) mass is 155 g/mol. The summed E-state index contributed by atoms with van der Waals surface area (Å²) >= 11 is 0. The largest absolute Gasteiger partial charge is 0.380 e. The van der Waals surface area contributed by atoms with E-state index < -0.39 is 0 Å². The highest BCUT2D eigenvalue weighted by Crippen LogP contribution is 2.28. The first-order chi connectivity index (χ1) is 5.45. The fourth-order valence-electron chi connectivity index (χ4n) is 1.16. The Bertz CT molecular complexity index is 105. The molecule has 2 fully saturated rings. The number of ether oxygens (including phenoxy) is 1. The van der Waals surface area contributed by atoms with Gasteiger partial charge in [-0.05, 0) is 31.6 Å². The minimum Gasteiger partial charge on any atom is -0.380 e. The van der Waals surface area contributed by atoms with Gasteiger partial charge in [0.05, 0.1) is 6.61 Å². The summed E-state index contributed by atoms with van der Waals surface area (Å²) in [6.45, 7) is 2.97. The molecule has 2 heteroatoms. The van der Waals surface area contributed by atoms with E-state index in [1.807, 2.05) is 0 Å². The molecule has 0 radical (unpaired) electrons. The van der Waals surface area contributed by atoms with E-state index in [2.05, 4.69) is 5.32 Å². The molecule has 64 valence electrons. The normalized spacial score (nSPS) is 24.0. The van der Waals surface area contributed by atoms with Crippen LogP contribution in [0.25, 0.3) is 0 Å². The smallest absolute Gasteiger partial charge is 0.0591 e. The van der Waals surface area contributed by atoms with Gasteiger partial charge in [-0.15, -0.1) is 0 Å². The maximum Gasteiger partial charge on any atom is 0.0591 e. The van der Waals surface area contributed by atoms with Crippen molar-refractivity contribution in [2.45, 2.75) is 31.7 Å². The second-order valence-electron chi connectivity index (χ2n) is 3.75. The topological polar surface area (TPSA) is 21.3 Å². The van der Waals surface area contributed by atoms with Crippen molar-refractivity contribution in [2.75, 3.05) is 19.8 Å². The van der Waals surface area contributed by atoms with Gasteiger partial charge in [-0.3, -0.25) is 0 Å². The molecule has 0 spiro atoms. The Morgan fingerprint density at radius 3 is 2.64 bits per heavy atom. The van der Waals surface area contributed by atoms with E-state index in [1.54, 1.807) is 0 Å². The van der Waals surface area contributed by atoms with E-state index in [-0.39, 0.29) is 0 Å². The maximum absolute atomic E-state index is 5.47. The van der Waals surface area contributed by atoms with Crippen LogP contribution >= 0.6 is 0 Å². The third kappa shape index (κ3) is 3.21. The Morgan fingerprint density at radius 2 is 2.00 bits per heavy atom. The lowest BCUT2D eigenvalue weighted by Gasteiger charge is -2.03. The van der Waals surface area contributed by atoms with Crippen molar-refractivity contribution in [1.82, 2.24) is 5.32 Å². The number of hydrogen-bond donors (Lipinski definition) is 1. The van der Waals surface area contributed by atoms with Gasteiger partial charge in [-0.2, -0.15) is 0 Å². The molecule has 0 aromatic carbocycles. The van der Waals surface area contributed by atoms with E-state index in [0.29, 0.717) is 0 Å². The minimum absolute atomic E-state index is 0.833. The van der Waals surface area contributed by atoms with Crippen molar-refractivity contribution < 1.29 is 4.74 Å². The van der Waals surface area contributed by atoms with E-state index in [4.69, 9.17) is 4.74 Å².